The second kappa shape index (κ2) is 8.18. The van der Waals surface area contributed by atoms with Gasteiger partial charge in [0.15, 0.2) is 0 Å². The molecule has 0 N–H and O–H groups in total. The van der Waals surface area contributed by atoms with Gasteiger partial charge >= 0.3 is 5.97 Å². The minimum absolute atomic E-state index is 0.281. The molecule has 0 fully saturated rings. The molecule has 0 unspecified atom stereocenters. The Morgan fingerprint density at radius 2 is 1.82 bits per heavy atom. The zero-order valence-corrected chi connectivity index (χ0v) is 13.2. The van der Waals surface area contributed by atoms with Gasteiger partial charge in [0, 0.05) is 6.08 Å². The summed E-state index contributed by atoms with van der Waals surface area (Å²) < 4.78 is 5.09. The number of ether oxygens (including phenoxy) is 1. The molecule has 2 heteroatoms. The van der Waals surface area contributed by atoms with E-state index in [9.17, 15) is 4.79 Å². The maximum Gasteiger partial charge on any atom is 0.330 e. The van der Waals surface area contributed by atoms with E-state index in [2.05, 4.69) is 38.1 Å². The van der Waals surface area contributed by atoms with Crippen molar-refractivity contribution < 1.29 is 9.53 Å². The average Bonchev–Trinajstić information content (AvgIpc) is 2.54. The Kier molecular flexibility index (Phi) is 5.96. The van der Waals surface area contributed by atoms with E-state index in [1.807, 2.05) is 24.3 Å². The number of esters is 1. The van der Waals surface area contributed by atoms with Crippen LogP contribution < -0.4 is 0 Å². The van der Waals surface area contributed by atoms with Crippen LogP contribution in [0.4, 0.5) is 0 Å². The van der Waals surface area contributed by atoms with Crippen molar-refractivity contribution in [2.24, 2.45) is 0 Å². The number of carbonyl (C=O) groups is 1. The molecule has 0 bridgehead atoms. The molecule has 0 radical (unpaired) electrons. The van der Waals surface area contributed by atoms with Crippen molar-refractivity contribution in [3.05, 3.63) is 65.7 Å². The van der Waals surface area contributed by atoms with Crippen LogP contribution in [0.25, 0.3) is 17.2 Å². The van der Waals surface area contributed by atoms with Gasteiger partial charge in [-0.3, -0.25) is 0 Å². The molecule has 2 aromatic carbocycles. The lowest BCUT2D eigenvalue weighted by Gasteiger charge is -2.06. The first-order chi connectivity index (χ1) is 10.7. The molecule has 2 aromatic rings. The van der Waals surface area contributed by atoms with Crippen LogP contribution in [0.1, 0.15) is 30.9 Å². The second-order valence-corrected chi connectivity index (χ2v) is 5.29. The van der Waals surface area contributed by atoms with E-state index in [4.69, 9.17) is 4.74 Å². The van der Waals surface area contributed by atoms with E-state index in [0.717, 1.165) is 18.4 Å². The minimum Gasteiger partial charge on any atom is -0.463 e. The summed E-state index contributed by atoms with van der Waals surface area (Å²) in [6.07, 6.45) is 5.20. The summed E-state index contributed by atoms with van der Waals surface area (Å²) in [5, 5.41) is 0. The van der Waals surface area contributed by atoms with Gasteiger partial charge in [0.05, 0.1) is 6.61 Å². The number of benzene rings is 2. The topological polar surface area (TPSA) is 26.3 Å². The lowest BCUT2D eigenvalue weighted by Crippen LogP contribution is -2.01. The average molecular weight is 294 g/mol. The molecule has 0 saturated heterocycles. The van der Waals surface area contributed by atoms with Crippen LogP contribution in [0, 0.1) is 6.92 Å². The molecule has 0 amide bonds. The molecular formula is C20H22O2. The summed E-state index contributed by atoms with van der Waals surface area (Å²) in [5.74, 6) is -0.281. The normalized spacial score (nSPS) is 10.8. The zero-order chi connectivity index (χ0) is 15.8. The number of aryl methyl sites for hydroxylation is 1. The Labute approximate surface area is 132 Å². The molecule has 0 atom stereocenters. The maximum absolute atomic E-state index is 11.5. The summed E-state index contributed by atoms with van der Waals surface area (Å²) in [6.45, 7) is 4.67. The first-order valence-electron chi connectivity index (χ1n) is 7.71. The smallest absolute Gasteiger partial charge is 0.330 e. The summed E-state index contributed by atoms with van der Waals surface area (Å²) in [4.78, 5) is 11.5. The second-order valence-electron chi connectivity index (χ2n) is 5.29. The monoisotopic (exact) mass is 294 g/mol. The van der Waals surface area contributed by atoms with E-state index in [1.165, 1.54) is 22.8 Å². The maximum atomic E-state index is 11.5. The first-order valence-corrected chi connectivity index (χ1v) is 7.71. The van der Waals surface area contributed by atoms with Gasteiger partial charge in [-0.1, -0.05) is 61.9 Å². The Bertz CT molecular complexity index is 639. The molecule has 0 aliphatic carbocycles. The van der Waals surface area contributed by atoms with Crippen molar-refractivity contribution in [1.82, 2.24) is 0 Å². The number of unbranched alkanes of at least 4 members (excludes halogenated alkanes) is 1. The van der Waals surface area contributed by atoms with Crippen LogP contribution in [0.5, 0.6) is 0 Å². The fraction of sp³-hybridized carbons (Fsp3) is 0.250. The predicted octanol–water partition coefficient (Wildman–Crippen LogP) is 5.02. The number of hydrogen-bond acceptors (Lipinski definition) is 2. The van der Waals surface area contributed by atoms with Crippen LogP contribution in [0.2, 0.25) is 0 Å². The van der Waals surface area contributed by atoms with Crippen molar-refractivity contribution in [3.63, 3.8) is 0 Å². The van der Waals surface area contributed by atoms with Gasteiger partial charge in [0.2, 0.25) is 0 Å². The fourth-order valence-electron chi connectivity index (χ4n) is 2.20. The van der Waals surface area contributed by atoms with Crippen LogP contribution in [-0.4, -0.2) is 12.6 Å². The molecular weight excluding hydrogens is 272 g/mol. The summed E-state index contributed by atoms with van der Waals surface area (Å²) in [5.41, 5.74) is 4.66. The van der Waals surface area contributed by atoms with E-state index in [0.29, 0.717) is 6.61 Å². The molecule has 0 aliphatic rings. The van der Waals surface area contributed by atoms with Crippen molar-refractivity contribution in [1.29, 1.82) is 0 Å². The zero-order valence-electron chi connectivity index (χ0n) is 13.2. The van der Waals surface area contributed by atoms with E-state index in [1.54, 1.807) is 6.08 Å². The van der Waals surface area contributed by atoms with Gasteiger partial charge < -0.3 is 4.74 Å². The van der Waals surface area contributed by atoms with Gasteiger partial charge in [-0.15, -0.1) is 0 Å². The Morgan fingerprint density at radius 3 is 2.50 bits per heavy atom. The van der Waals surface area contributed by atoms with E-state index >= 15 is 0 Å². The molecule has 0 heterocycles. The van der Waals surface area contributed by atoms with Crippen molar-refractivity contribution in [3.8, 4) is 11.1 Å². The Hall–Kier alpha value is -2.35. The molecule has 22 heavy (non-hydrogen) atoms. The molecule has 0 aliphatic heterocycles. The summed E-state index contributed by atoms with van der Waals surface area (Å²) in [7, 11) is 0. The van der Waals surface area contributed by atoms with Gasteiger partial charge in [-0.05, 0) is 41.7 Å². The molecule has 2 rings (SSSR count). The predicted molar refractivity (Wildman–Crippen MR) is 91.5 cm³/mol. The molecule has 114 valence electrons. The highest BCUT2D eigenvalue weighted by atomic mass is 16.5. The summed E-state index contributed by atoms with van der Waals surface area (Å²) >= 11 is 0. The highest BCUT2D eigenvalue weighted by molar-refractivity contribution is 5.87. The van der Waals surface area contributed by atoms with E-state index < -0.39 is 0 Å². The van der Waals surface area contributed by atoms with Crippen LogP contribution in [0.3, 0.4) is 0 Å². The lowest BCUT2D eigenvalue weighted by molar-refractivity contribution is -0.137. The first kappa shape index (κ1) is 16.0. The standard InChI is InChI=1S/C20H22O2/c1-3-4-15-22-20(21)14-11-17-9-12-18(13-10-17)19-8-6-5-7-16(19)2/h5-14H,3-4,15H2,1-2H3/b14-11+. The third kappa shape index (κ3) is 4.59. The third-order valence-corrected chi connectivity index (χ3v) is 3.52. The molecule has 0 spiro atoms. The van der Waals surface area contributed by atoms with Crippen LogP contribution >= 0.6 is 0 Å². The molecule has 0 aromatic heterocycles. The number of hydrogen-bond donors (Lipinski definition) is 0. The van der Waals surface area contributed by atoms with Crippen molar-refractivity contribution >= 4 is 12.0 Å². The largest absolute Gasteiger partial charge is 0.463 e. The number of carbonyl (C=O) groups excluding carboxylic acids is 1. The summed E-state index contributed by atoms with van der Waals surface area (Å²) in [6, 6.07) is 16.5. The SMILES string of the molecule is CCCCOC(=O)/C=C/c1ccc(-c2ccccc2C)cc1. The van der Waals surface area contributed by atoms with Crippen molar-refractivity contribution in [2.45, 2.75) is 26.7 Å². The Balaban J connectivity index is 2.00. The van der Waals surface area contributed by atoms with E-state index in [-0.39, 0.29) is 5.97 Å². The van der Waals surface area contributed by atoms with Crippen LogP contribution in [0.15, 0.2) is 54.6 Å². The fourth-order valence-corrected chi connectivity index (χ4v) is 2.20. The van der Waals surface area contributed by atoms with Gasteiger partial charge in [0.25, 0.3) is 0 Å². The Morgan fingerprint density at radius 1 is 1.09 bits per heavy atom. The van der Waals surface area contributed by atoms with Gasteiger partial charge in [-0.2, -0.15) is 0 Å². The number of rotatable bonds is 6. The van der Waals surface area contributed by atoms with Crippen molar-refractivity contribution in [2.75, 3.05) is 6.61 Å². The quantitative estimate of drug-likeness (QED) is 0.425. The minimum atomic E-state index is -0.281. The van der Waals surface area contributed by atoms with Crippen LogP contribution in [-0.2, 0) is 9.53 Å². The van der Waals surface area contributed by atoms with Gasteiger partial charge in [-0.25, -0.2) is 4.79 Å². The highest BCUT2D eigenvalue weighted by Crippen LogP contribution is 2.23. The third-order valence-electron chi connectivity index (χ3n) is 3.52. The van der Waals surface area contributed by atoms with Gasteiger partial charge in [0.1, 0.15) is 0 Å². The molecule has 2 nitrogen and oxygen atoms in total. The lowest BCUT2D eigenvalue weighted by atomic mass is 9.99. The highest BCUT2D eigenvalue weighted by Gasteiger charge is 2.01. The molecule has 0 saturated carbocycles.